The van der Waals surface area contributed by atoms with Crippen LogP contribution in [-0.4, -0.2) is 42.9 Å². The van der Waals surface area contributed by atoms with Crippen molar-refractivity contribution in [1.29, 1.82) is 0 Å². The van der Waals surface area contributed by atoms with Crippen molar-refractivity contribution in [2.75, 3.05) is 20.2 Å². The van der Waals surface area contributed by atoms with Crippen LogP contribution in [0, 0.1) is 0 Å². The quantitative estimate of drug-likeness (QED) is 0.638. The van der Waals surface area contributed by atoms with Crippen LogP contribution in [0.3, 0.4) is 0 Å². The van der Waals surface area contributed by atoms with Crippen molar-refractivity contribution in [1.82, 2.24) is 14.3 Å². The van der Waals surface area contributed by atoms with Gasteiger partial charge in [0.1, 0.15) is 12.4 Å². The second kappa shape index (κ2) is 7.56. The Morgan fingerprint density at radius 2 is 1.92 bits per heavy atom. The van der Waals surface area contributed by atoms with Crippen LogP contribution in [0.4, 0.5) is 0 Å². The average Bonchev–Trinajstić information content (AvgIpc) is 2.62. The largest absolute Gasteiger partial charge is 0.492 e. The summed E-state index contributed by atoms with van der Waals surface area (Å²) in [7, 11) is -2.20. The van der Waals surface area contributed by atoms with E-state index in [-0.39, 0.29) is 23.6 Å². The Kier molecular flexibility index (Phi) is 5.40. The number of fused-ring (bicyclic) bond motifs is 1. The summed E-state index contributed by atoms with van der Waals surface area (Å²) in [5.41, 5.74) is 0.554. The molecule has 0 amide bonds. The zero-order chi connectivity index (χ0) is 18.7. The third-order valence-corrected chi connectivity index (χ3v) is 6.13. The third kappa shape index (κ3) is 4.12. The molecule has 1 N–H and O–H groups in total. The molecule has 26 heavy (non-hydrogen) atoms. The van der Waals surface area contributed by atoms with Crippen LogP contribution in [0.15, 0.2) is 62.8 Å². The van der Waals surface area contributed by atoms with Gasteiger partial charge in [0.25, 0.3) is 5.56 Å². The van der Waals surface area contributed by atoms with Crippen LogP contribution in [0.5, 0.6) is 5.75 Å². The van der Waals surface area contributed by atoms with Crippen LogP contribution < -0.4 is 10.3 Å². The molecule has 3 aromatic rings. The van der Waals surface area contributed by atoms with Gasteiger partial charge in [-0.15, -0.1) is 0 Å². The minimum atomic E-state index is -3.69. The van der Waals surface area contributed by atoms with Crippen LogP contribution >= 0.6 is 15.9 Å². The molecule has 1 heterocycles. The Balaban J connectivity index is 1.71. The summed E-state index contributed by atoms with van der Waals surface area (Å²) in [5.74, 6) is 0.665. The Morgan fingerprint density at radius 1 is 1.19 bits per heavy atom. The molecule has 0 saturated heterocycles. The van der Waals surface area contributed by atoms with Crippen molar-refractivity contribution >= 4 is 37.0 Å². The van der Waals surface area contributed by atoms with Crippen molar-refractivity contribution in [2.24, 2.45) is 0 Å². The van der Waals surface area contributed by atoms with Crippen molar-refractivity contribution in [2.45, 2.75) is 4.90 Å². The number of rotatable bonds is 6. The first-order valence-electron chi connectivity index (χ1n) is 7.70. The van der Waals surface area contributed by atoms with Gasteiger partial charge in [0.15, 0.2) is 0 Å². The SMILES string of the molecule is CN(CCOc1ccc(Br)cc1)S(=O)(=O)c1ccc2[nH]c(=O)cnc2c1. The number of benzene rings is 2. The molecule has 0 aliphatic heterocycles. The van der Waals surface area contributed by atoms with E-state index < -0.39 is 10.0 Å². The maximum atomic E-state index is 12.7. The second-order valence-electron chi connectivity index (χ2n) is 5.56. The topological polar surface area (TPSA) is 92.4 Å². The number of aromatic nitrogens is 2. The van der Waals surface area contributed by atoms with Gasteiger partial charge in [-0.05, 0) is 42.5 Å². The molecule has 0 fully saturated rings. The average molecular weight is 438 g/mol. The van der Waals surface area contributed by atoms with E-state index in [2.05, 4.69) is 25.9 Å². The normalized spacial score (nSPS) is 11.8. The first-order chi connectivity index (χ1) is 12.4. The summed E-state index contributed by atoms with van der Waals surface area (Å²) < 4.78 is 33.1. The summed E-state index contributed by atoms with van der Waals surface area (Å²) in [5, 5.41) is 0. The fourth-order valence-corrected chi connectivity index (χ4v) is 3.74. The number of hydrogen-bond donors (Lipinski definition) is 1. The molecule has 0 saturated carbocycles. The smallest absolute Gasteiger partial charge is 0.266 e. The highest BCUT2D eigenvalue weighted by molar-refractivity contribution is 9.10. The van der Waals surface area contributed by atoms with E-state index in [9.17, 15) is 13.2 Å². The van der Waals surface area contributed by atoms with Gasteiger partial charge < -0.3 is 9.72 Å². The van der Waals surface area contributed by atoms with Gasteiger partial charge in [-0.3, -0.25) is 4.79 Å². The number of halogens is 1. The number of H-pyrrole nitrogens is 1. The minimum Gasteiger partial charge on any atom is -0.492 e. The highest BCUT2D eigenvalue weighted by Crippen LogP contribution is 2.19. The lowest BCUT2D eigenvalue weighted by Gasteiger charge is -2.17. The van der Waals surface area contributed by atoms with Crippen molar-refractivity contribution in [3.8, 4) is 5.75 Å². The zero-order valence-electron chi connectivity index (χ0n) is 13.8. The van der Waals surface area contributed by atoms with Gasteiger partial charge in [0.05, 0.1) is 22.1 Å². The van der Waals surface area contributed by atoms with Crippen LogP contribution in [0.1, 0.15) is 0 Å². The lowest BCUT2D eigenvalue weighted by atomic mass is 10.3. The van der Waals surface area contributed by atoms with Crippen molar-refractivity contribution < 1.29 is 13.2 Å². The van der Waals surface area contributed by atoms with Gasteiger partial charge in [0, 0.05) is 18.1 Å². The highest BCUT2D eigenvalue weighted by atomic mass is 79.9. The van der Waals surface area contributed by atoms with Crippen LogP contribution in [-0.2, 0) is 10.0 Å². The van der Waals surface area contributed by atoms with Crippen LogP contribution in [0.2, 0.25) is 0 Å². The number of nitrogens with zero attached hydrogens (tertiary/aromatic N) is 2. The minimum absolute atomic E-state index is 0.107. The molecule has 0 atom stereocenters. The molecule has 2 aromatic carbocycles. The molecule has 0 spiro atoms. The fourth-order valence-electron chi connectivity index (χ4n) is 2.30. The van der Waals surface area contributed by atoms with E-state index in [4.69, 9.17) is 4.74 Å². The Labute approximate surface area is 158 Å². The summed E-state index contributed by atoms with van der Waals surface area (Å²) in [4.78, 5) is 17.9. The molecule has 0 aliphatic carbocycles. The number of sulfonamides is 1. The first kappa shape index (κ1) is 18.6. The standard InChI is InChI=1S/C17H16BrN3O4S/c1-21(8-9-25-13-4-2-12(18)3-5-13)26(23,24)14-6-7-15-16(10-14)19-11-17(22)20-15/h2-7,10-11H,8-9H2,1H3,(H,20,22). The van der Waals surface area contributed by atoms with Gasteiger partial charge in [-0.2, -0.15) is 4.31 Å². The molecule has 0 radical (unpaired) electrons. The number of hydrogen-bond acceptors (Lipinski definition) is 5. The van der Waals surface area contributed by atoms with Gasteiger partial charge >= 0.3 is 0 Å². The van der Waals surface area contributed by atoms with E-state index in [1.165, 1.54) is 29.6 Å². The lowest BCUT2D eigenvalue weighted by Crippen LogP contribution is -2.31. The Morgan fingerprint density at radius 3 is 2.65 bits per heavy atom. The number of ether oxygens (including phenoxy) is 1. The number of likely N-dealkylation sites (N-methyl/N-ethyl adjacent to an activating group) is 1. The van der Waals surface area contributed by atoms with Gasteiger partial charge in [-0.25, -0.2) is 13.4 Å². The molecule has 3 rings (SSSR count). The number of aromatic amines is 1. The van der Waals surface area contributed by atoms with Crippen molar-refractivity contribution in [3.63, 3.8) is 0 Å². The first-order valence-corrected chi connectivity index (χ1v) is 9.93. The second-order valence-corrected chi connectivity index (χ2v) is 8.52. The molecule has 0 bridgehead atoms. The maximum absolute atomic E-state index is 12.7. The molecule has 0 aliphatic rings. The molecule has 7 nitrogen and oxygen atoms in total. The third-order valence-electron chi connectivity index (χ3n) is 3.74. The lowest BCUT2D eigenvalue weighted by molar-refractivity contribution is 0.287. The fraction of sp³-hybridized carbons (Fsp3) is 0.176. The summed E-state index contributed by atoms with van der Waals surface area (Å²) in [6.45, 7) is 0.409. The predicted octanol–water partition coefficient (Wildman–Crippen LogP) is 2.39. The zero-order valence-corrected chi connectivity index (χ0v) is 16.2. The van der Waals surface area contributed by atoms with Gasteiger partial charge in [0.2, 0.25) is 10.0 Å². The highest BCUT2D eigenvalue weighted by Gasteiger charge is 2.21. The maximum Gasteiger partial charge on any atom is 0.266 e. The van der Waals surface area contributed by atoms with Gasteiger partial charge in [-0.1, -0.05) is 15.9 Å². The van der Waals surface area contributed by atoms with Crippen LogP contribution in [0.25, 0.3) is 11.0 Å². The Hall–Kier alpha value is -2.23. The summed E-state index contributed by atoms with van der Waals surface area (Å²) >= 11 is 3.34. The molecule has 0 unspecified atom stereocenters. The summed E-state index contributed by atoms with van der Waals surface area (Å²) in [6, 6.07) is 11.7. The molecular weight excluding hydrogens is 422 g/mol. The molecule has 9 heteroatoms. The van der Waals surface area contributed by atoms with E-state index in [0.717, 1.165) is 10.7 Å². The molecular formula is C17H16BrN3O4S. The summed E-state index contributed by atoms with van der Waals surface area (Å²) in [6.07, 6.45) is 1.12. The monoisotopic (exact) mass is 437 g/mol. The van der Waals surface area contributed by atoms with E-state index in [1.807, 2.05) is 12.1 Å². The van der Waals surface area contributed by atoms with E-state index in [0.29, 0.717) is 16.8 Å². The molecule has 136 valence electrons. The predicted molar refractivity (Wildman–Crippen MR) is 102 cm³/mol. The number of nitrogens with one attached hydrogen (secondary N) is 1. The van der Waals surface area contributed by atoms with E-state index >= 15 is 0 Å². The van der Waals surface area contributed by atoms with Crippen molar-refractivity contribution in [3.05, 3.63) is 63.5 Å². The van der Waals surface area contributed by atoms with E-state index in [1.54, 1.807) is 12.1 Å². The molecule has 1 aromatic heterocycles. The Bertz CT molecular complexity index is 1080.